The van der Waals surface area contributed by atoms with E-state index in [1.54, 1.807) is 0 Å². The highest BCUT2D eigenvalue weighted by Gasteiger charge is 2.01. The second-order valence-electron chi connectivity index (χ2n) is 2.75. The Morgan fingerprint density at radius 3 is 2.45 bits per heavy atom. The Hall–Kier alpha value is -0.560. The zero-order valence-corrected chi connectivity index (χ0v) is 8.02. The Bertz CT molecular complexity index is 145. The summed E-state index contributed by atoms with van der Waals surface area (Å²) >= 11 is 0. The summed E-state index contributed by atoms with van der Waals surface area (Å²) in [4.78, 5) is 0. The van der Waals surface area contributed by atoms with Crippen LogP contribution in [0.15, 0.2) is 23.8 Å². The molecule has 1 nitrogen and oxygen atoms in total. The first-order valence-corrected chi connectivity index (χ1v) is 4.19. The predicted molar refractivity (Wildman–Crippen MR) is 51.7 cm³/mol. The number of hydrogen-bond acceptors (Lipinski definition) is 1. The molecule has 0 spiro atoms. The minimum absolute atomic E-state index is 0.612. The van der Waals surface area contributed by atoms with Gasteiger partial charge in [-0.2, -0.15) is 0 Å². The Labute approximate surface area is 70.2 Å². The van der Waals surface area contributed by atoms with Crippen LogP contribution in [0, 0.1) is 5.92 Å². The van der Waals surface area contributed by atoms with Gasteiger partial charge in [-0.1, -0.05) is 25.2 Å². The van der Waals surface area contributed by atoms with E-state index in [0.717, 1.165) is 6.54 Å². The van der Waals surface area contributed by atoms with Crippen LogP contribution in [0.4, 0.5) is 0 Å². The minimum atomic E-state index is 0.612. The van der Waals surface area contributed by atoms with Gasteiger partial charge in [0.1, 0.15) is 0 Å². The lowest BCUT2D eigenvalue weighted by Gasteiger charge is -2.11. The van der Waals surface area contributed by atoms with Crippen LogP contribution in [0.1, 0.15) is 20.8 Å². The first-order chi connectivity index (χ1) is 5.26. The fraction of sp³-hybridized carbons (Fsp3) is 0.600. The SMILES string of the molecule is C/C=C\C(=C/C)C(C)CNC. The van der Waals surface area contributed by atoms with Gasteiger partial charge < -0.3 is 5.32 Å². The van der Waals surface area contributed by atoms with Crippen molar-refractivity contribution in [2.45, 2.75) is 20.8 Å². The summed E-state index contributed by atoms with van der Waals surface area (Å²) in [6, 6.07) is 0. The van der Waals surface area contributed by atoms with Gasteiger partial charge >= 0.3 is 0 Å². The van der Waals surface area contributed by atoms with Gasteiger partial charge in [0.15, 0.2) is 0 Å². The maximum absolute atomic E-state index is 3.17. The van der Waals surface area contributed by atoms with Crippen molar-refractivity contribution in [3.63, 3.8) is 0 Å². The molecular weight excluding hydrogens is 134 g/mol. The number of allylic oxidation sites excluding steroid dienone is 3. The summed E-state index contributed by atoms with van der Waals surface area (Å²) in [6.07, 6.45) is 6.42. The smallest absolute Gasteiger partial charge is 0.00143 e. The fourth-order valence-electron chi connectivity index (χ4n) is 1.16. The largest absolute Gasteiger partial charge is 0.319 e. The maximum atomic E-state index is 3.17. The Morgan fingerprint density at radius 1 is 1.45 bits per heavy atom. The highest BCUT2D eigenvalue weighted by molar-refractivity contribution is 5.20. The first kappa shape index (κ1) is 10.4. The third-order valence-electron chi connectivity index (χ3n) is 1.77. The lowest BCUT2D eigenvalue weighted by molar-refractivity contribution is 0.629. The maximum Gasteiger partial charge on any atom is 0.00143 e. The zero-order valence-electron chi connectivity index (χ0n) is 8.02. The molecule has 0 saturated carbocycles. The molecule has 0 fully saturated rings. The zero-order chi connectivity index (χ0) is 8.69. The molecule has 11 heavy (non-hydrogen) atoms. The Balaban J connectivity index is 4.04. The molecule has 0 aliphatic carbocycles. The van der Waals surface area contributed by atoms with Crippen LogP contribution >= 0.6 is 0 Å². The Kier molecular flexibility index (Phi) is 5.86. The van der Waals surface area contributed by atoms with Crippen LogP contribution in [0.3, 0.4) is 0 Å². The van der Waals surface area contributed by atoms with Crippen molar-refractivity contribution in [3.05, 3.63) is 23.8 Å². The molecule has 0 saturated heterocycles. The van der Waals surface area contributed by atoms with Crippen molar-refractivity contribution in [1.29, 1.82) is 0 Å². The quantitative estimate of drug-likeness (QED) is 0.611. The van der Waals surface area contributed by atoms with E-state index in [2.05, 4.69) is 44.3 Å². The second-order valence-corrected chi connectivity index (χ2v) is 2.75. The van der Waals surface area contributed by atoms with E-state index in [1.807, 2.05) is 7.05 Å². The fourth-order valence-corrected chi connectivity index (χ4v) is 1.16. The molecule has 0 bridgehead atoms. The number of rotatable bonds is 4. The van der Waals surface area contributed by atoms with Crippen molar-refractivity contribution < 1.29 is 0 Å². The van der Waals surface area contributed by atoms with E-state index in [0.29, 0.717) is 5.92 Å². The predicted octanol–water partition coefficient (Wildman–Crippen LogP) is 2.36. The average molecular weight is 153 g/mol. The molecule has 1 unspecified atom stereocenters. The molecule has 0 aromatic rings. The molecule has 0 aliphatic rings. The van der Waals surface area contributed by atoms with E-state index in [1.165, 1.54) is 5.57 Å². The van der Waals surface area contributed by atoms with Gasteiger partial charge in [0.25, 0.3) is 0 Å². The molecule has 0 rings (SSSR count). The van der Waals surface area contributed by atoms with Gasteiger partial charge in [-0.15, -0.1) is 0 Å². The van der Waals surface area contributed by atoms with Gasteiger partial charge in [-0.25, -0.2) is 0 Å². The number of hydrogen-bond donors (Lipinski definition) is 1. The highest BCUT2D eigenvalue weighted by atomic mass is 14.8. The third-order valence-corrected chi connectivity index (χ3v) is 1.77. The summed E-state index contributed by atoms with van der Waals surface area (Å²) in [6.45, 7) is 7.41. The van der Waals surface area contributed by atoms with Gasteiger partial charge in [0, 0.05) is 6.54 Å². The van der Waals surface area contributed by atoms with Crippen LogP contribution in [0.25, 0.3) is 0 Å². The van der Waals surface area contributed by atoms with E-state index in [9.17, 15) is 0 Å². The Morgan fingerprint density at radius 2 is 2.09 bits per heavy atom. The molecule has 0 heterocycles. The van der Waals surface area contributed by atoms with Crippen LogP contribution in [-0.2, 0) is 0 Å². The highest BCUT2D eigenvalue weighted by Crippen LogP contribution is 2.10. The van der Waals surface area contributed by atoms with E-state index in [-0.39, 0.29) is 0 Å². The topological polar surface area (TPSA) is 12.0 Å². The summed E-state index contributed by atoms with van der Waals surface area (Å²) in [5.41, 5.74) is 1.40. The standard InChI is InChI=1S/C10H19N/c1-5-7-10(6-2)9(3)8-11-4/h5-7,9,11H,8H2,1-4H3/b7-5-,10-6+. The molecule has 0 aromatic heterocycles. The van der Waals surface area contributed by atoms with E-state index < -0.39 is 0 Å². The molecule has 0 aromatic carbocycles. The molecule has 0 radical (unpaired) electrons. The monoisotopic (exact) mass is 153 g/mol. The molecular formula is C10H19N. The van der Waals surface area contributed by atoms with Crippen molar-refractivity contribution >= 4 is 0 Å². The lowest BCUT2D eigenvalue weighted by Crippen LogP contribution is -2.17. The normalized spacial score (nSPS) is 15.8. The summed E-state index contributed by atoms with van der Waals surface area (Å²) in [5.74, 6) is 0.612. The van der Waals surface area contributed by atoms with Gasteiger partial charge in [0.2, 0.25) is 0 Å². The van der Waals surface area contributed by atoms with Crippen LogP contribution in [0.2, 0.25) is 0 Å². The van der Waals surface area contributed by atoms with Crippen LogP contribution in [0.5, 0.6) is 0 Å². The van der Waals surface area contributed by atoms with Crippen molar-refractivity contribution in [1.82, 2.24) is 5.32 Å². The first-order valence-electron chi connectivity index (χ1n) is 4.19. The molecule has 1 heteroatoms. The second kappa shape index (κ2) is 6.17. The summed E-state index contributed by atoms with van der Waals surface area (Å²) < 4.78 is 0. The van der Waals surface area contributed by atoms with Gasteiger partial charge in [0.05, 0.1) is 0 Å². The van der Waals surface area contributed by atoms with E-state index in [4.69, 9.17) is 0 Å². The molecule has 1 N–H and O–H groups in total. The molecule has 64 valence electrons. The van der Waals surface area contributed by atoms with Crippen LogP contribution < -0.4 is 5.32 Å². The van der Waals surface area contributed by atoms with Crippen LogP contribution in [-0.4, -0.2) is 13.6 Å². The molecule has 1 atom stereocenters. The van der Waals surface area contributed by atoms with Crippen molar-refractivity contribution in [3.8, 4) is 0 Å². The van der Waals surface area contributed by atoms with Crippen molar-refractivity contribution in [2.24, 2.45) is 5.92 Å². The molecule has 0 aliphatic heterocycles. The number of nitrogens with one attached hydrogen (secondary N) is 1. The van der Waals surface area contributed by atoms with Gasteiger partial charge in [-0.3, -0.25) is 0 Å². The molecule has 0 amide bonds. The van der Waals surface area contributed by atoms with E-state index >= 15 is 0 Å². The lowest BCUT2D eigenvalue weighted by atomic mass is 10.0. The minimum Gasteiger partial charge on any atom is -0.319 e. The summed E-state index contributed by atoms with van der Waals surface area (Å²) in [5, 5.41) is 3.17. The average Bonchev–Trinajstić information content (AvgIpc) is 2.00. The third kappa shape index (κ3) is 3.99. The summed E-state index contributed by atoms with van der Waals surface area (Å²) in [7, 11) is 1.99. The van der Waals surface area contributed by atoms with Gasteiger partial charge in [-0.05, 0) is 32.4 Å². The van der Waals surface area contributed by atoms with Crippen molar-refractivity contribution in [2.75, 3.05) is 13.6 Å².